The van der Waals surface area contributed by atoms with Gasteiger partial charge in [-0.25, -0.2) is 4.57 Å². The molecule has 6 N–H and O–H groups in total. The van der Waals surface area contributed by atoms with Crippen molar-refractivity contribution in [2.45, 2.75) is 257 Å². The molecule has 0 aromatic rings. The summed E-state index contributed by atoms with van der Waals surface area (Å²) < 4.78 is 32.9. The lowest BCUT2D eigenvalue weighted by Crippen LogP contribution is -2.29. The van der Waals surface area contributed by atoms with E-state index in [0.29, 0.717) is 38.5 Å². The number of hydrogen-bond donors (Lipinski definition) is 6. The fourth-order valence-corrected chi connectivity index (χ4v) is 9.39. The number of hydrogen-bond acceptors (Lipinski definition) is 12. The summed E-state index contributed by atoms with van der Waals surface area (Å²) in [7, 11) is -4.68. The zero-order chi connectivity index (χ0) is 48.0. The first-order chi connectivity index (χ1) is 31.3. The van der Waals surface area contributed by atoms with Gasteiger partial charge in [-0.05, 0) is 37.5 Å². The third-order valence-electron chi connectivity index (χ3n) is 13.1. The quantitative estimate of drug-likeness (QED) is 0.0145. The van der Waals surface area contributed by atoms with Crippen molar-refractivity contribution in [2.75, 3.05) is 26.4 Å². The number of rotatable bonds is 45. The maximum absolute atomic E-state index is 12.8. The summed E-state index contributed by atoms with van der Waals surface area (Å²) in [6, 6.07) is 0. The molecular weight excluding hydrogens is 852 g/mol. The summed E-state index contributed by atoms with van der Waals surface area (Å²) in [6.07, 6.45) is 32.3. The first kappa shape index (κ1) is 61.6. The maximum atomic E-state index is 12.8. The Morgan fingerprint density at radius 2 is 1.14 bits per heavy atom. The van der Waals surface area contributed by atoms with Gasteiger partial charge in [-0.1, -0.05) is 193 Å². The number of carbonyl (C=O) groups excluding carboxylic acids is 2. The first-order valence-electron chi connectivity index (χ1n) is 26.3. The van der Waals surface area contributed by atoms with Crippen molar-refractivity contribution >= 4 is 19.8 Å². The Morgan fingerprint density at radius 1 is 0.646 bits per heavy atom. The Bertz CT molecular complexity index is 1220. The number of phosphoric ester groups is 1. The standard InChI is InChI=1S/C51H97O13P/c1-4-6-25-31-43(53)35-36-47-46(48(55)37-49(47)56)32-27-23-24-29-34-51(58)64-45(41-63-65(59,60)62-39-44(54)38-52)40-61-50(57)33-28-22-20-18-16-14-12-10-8-7-9-11-13-15-17-19-21-26-30-42(3)5-2/h35-36,42-49,52-56H,4-34,37-41H2,1-3H3,(H,59,60)/b36-35+/t42?,43-,44-,45+,46+,47+,48-,49+/m0/s1. The third kappa shape index (κ3) is 34.5. The van der Waals surface area contributed by atoms with Gasteiger partial charge in [0.15, 0.2) is 6.10 Å². The minimum atomic E-state index is -4.68. The molecule has 1 fully saturated rings. The van der Waals surface area contributed by atoms with Gasteiger partial charge in [0.1, 0.15) is 12.7 Å². The highest BCUT2D eigenvalue weighted by atomic mass is 31.2. The summed E-state index contributed by atoms with van der Waals surface area (Å²) in [5, 5.41) is 49.9. The second-order valence-corrected chi connectivity index (χ2v) is 20.6. The number of carbonyl (C=O) groups is 2. The lowest BCUT2D eigenvalue weighted by atomic mass is 9.88. The van der Waals surface area contributed by atoms with Crippen molar-refractivity contribution < 1.29 is 63.1 Å². The lowest BCUT2D eigenvalue weighted by molar-refractivity contribution is -0.161. The molecule has 9 atom stereocenters. The van der Waals surface area contributed by atoms with Gasteiger partial charge in [-0.15, -0.1) is 0 Å². The highest BCUT2D eigenvalue weighted by Gasteiger charge is 2.39. The molecule has 0 aliphatic heterocycles. The summed E-state index contributed by atoms with van der Waals surface area (Å²) >= 11 is 0. The summed E-state index contributed by atoms with van der Waals surface area (Å²) in [4.78, 5) is 35.4. The van der Waals surface area contributed by atoms with Gasteiger partial charge in [-0.2, -0.15) is 0 Å². The number of aliphatic hydroxyl groups is 5. The van der Waals surface area contributed by atoms with E-state index in [1.54, 1.807) is 6.08 Å². The van der Waals surface area contributed by atoms with Crippen LogP contribution >= 0.6 is 7.82 Å². The van der Waals surface area contributed by atoms with E-state index in [4.69, 9.17) is 23.6 Å². The zero-order valence-corrected chi connectivity index (χ0v) is 42.1. The van der Waals surface area contributed by atoms with Gasteiger partial charge >= 0.3 is 19.8 Å². The summed E-state index contributed by atoms with van der Waals surface area (Å²) in [5.74, 6) is -0.500. The van der Waals surface area contributed by atoms with Gasteiger partial charge < -0.3 is 39.9 Å². The van der Waals surface area contributed by atoms with Crippen LogP contribution in [0, 0.1) is 17.8 Å². The van der Waals surface area contributed by atoms with Gasteiger partial charge in [0.05, 0.1) is 38.1 Å². The molecular formula is C51H97O13P. The number of phosphoric acid groups is 1. The minimum Gasteiger partial charge on any atom is -0.462 e. The first-order valence-corrected chi connectivity index (χ1v) is 27.8. The molecule has 1 saturated carbocycles. The average molecular weight is 949 g/mol. The Kier molecular flexibility index (Phi) is 38.4. The van der Waals surface area contributed by atoms with Crippen LogP contribution in [0.5, 0.6) is 0 Å². The fraction of sp³-hybridized carbons (Fsp3) is 0.922. The highest BCUT2D eigenvalue weighted by molar-refractivity contribution is 7.47. The monoisotopic (exact) mass is 949 g/mol. The van der Waals surface area contributed by atoms with E-state index in [1.807, 2.05) is 6.08 Å². The molecule has 0 bridgehead atoms. The van der Waals surface area contributed by atoms with Crippen LogP contribution in [0.2, 0.25) is 0 Å². The maximum Gasteiger partial charge on any atom is 0.472 e. The van der Waals surface area contributed by atoms with Crippen molar-refractivity contribution in [3.63, 3.8) is 0 Å². The number of ether oxygens (including phenoxy) is 2. The van der Waals surface area contributed by atoms with Gasteiger partial charge in [0, 0.05) is 25.2 Å². The van der Waals surface area contributed by atoms with E-state index in [0.717, 1.165) is 57.3 Å². The smallest absolute Gasteiger partial charge is 0.462 e. The van der Waals surface area contributed by atoms with E-state index in [1.165, 1.54) is 103 Å². The number of aliphatic hydroxyl groups excluding tert-OH is 5. The Labute approximate surface area is 394 Å². The average Bonchev–Trinajstić information content (AvgIpc) is 3.56. The van der Waals surface area contributed by atoms with Crippen LogP contribution < -0.4 is 0 Å². The van der Waals surface area contributed by atoms with Crippen LogP contribution in [0.1, 0.15) is 226 Å². The molecule has 65 heavy (non-hydrogen) atoms. The normalized spacial score (nSPS) is 20.4. The molecule has 1 rings (SSSR count). The predicted octanol–water partition coefficient (Wildman–Crippen LogP) is 11.0. The SMILES string of the molecule is CCCCC[C@H](O)/C=C/[C@@H]1[C@@H](CCCCCCC(=O)O[C@H](COC(=O)CCCCCCCCCCCCCCCCCCCCC(C)CC)COP(=O)(O)OC[C@@H](O)CO)[C@@H](O)C[C@H]1O. The fourth-order valence-electron chi connectivity index (χ4n) is 8.60. The van der Waals surface area contributed by atoms with Crippen LogP contribution in [0.25, 0.3) is 0 Å². The molecule has 1 aliphatic rings. The van der Waals surface area contributed by atoms with Crippen molar-refractivity contribution in [1.29, 1.82) is 0 Å². The molecule has 13 nitrogen and oxygen atoms in total. The molecule has 384 valence electrons. The molecule has 0 aromatic carbocycles. The van der Waals surface area contributed by atoms with E-state index < -0.39 is 70.1 Å². The third-order valence-corrected chi connectivity index (χ3v) is 14.0. The van der Waals surface area contributed by atoms with Gasteiger partial charge in [0.2, 0.25) is 0 Å². The molecule has 1 aliphatic carbocycles. The highest BCUT2D eigenvalue weighted by Crippen LogP contribution is 2.43. The Morgan fingerprint density at radius 3 is 1.68 bits per heavy atom. The second kappa shape index (κ2) is 40.5. The van der Waals surface area contributed by atoms with Crippen molar-refractivity contribution in [1.82, 2.24) is 0 Å². The van der Waals surface area contributed by atoms with Crippen molar-refractivity contribution in [2.24, 2.45) is 17.8 Å². The molecule has 2 unspecified atom stereocenters. The summed E-state index contributed by atoms with van der Waals surface area (Å²) in [5.41, 5.74) is 0. The molecule has 0 radical (unpaired) electrons. The van der Waals surface area contributed by atoms with Crippen LogP contribution in [-0.2, 0) is 32.7 Å². The van der Waals surface area contributed by atoms with Crippen molar-refractivity contribution in [3.8, 4) is 0 Å². The predicted molar refractivity (Wildman–Crippen MR) is 258 cm³/mol. The second-order valence-electron chi connectivity index (χ2n) is 19.1. The van der Waals surface area contributed by atoms with Crippen LogP contribution in [0.15, 0.2) is 12.2 Å². The van der Waals surface area contributed by atoms with E-state index in [2.05, 4.69) is 20.8 Å². The topological polar surface area (TPSA) is 210 Å². The minimum absolute atomic E-state index is 0.0610. The Balaban J connectivity index is 2.31. The Hall–Kier alpha value is -1.41. The van der Waals surface area contributed by atoms with Crippen LogP contribution in [0.4, 0.5) is 0 Å². The zero-order valence-electron chi connectivity index (χ0n) is 41.2. The van der Waals surface area contributed by atoms with E-state index in [-0.39, 0.29) is 31.3 Å². The molecule has 0 spiro atoms. The molecule has 0 amide bonds. The van der Waals surface area contributed by atoms with Gasteiger partial charge in [-0.3, -0.25) is 18.6 Å². The van der Waals surface area contributed by atoms with Crippen molar-refractivity contribution in [3.05, 3.63) is 12.2 Å². The van der Waals surface area contributed by atoms with Crippen LogP contribution in [0.3, 0.4) is 0 Å². The molecule has 0 heterocycles. The molecule has 14 heteroatoms. The van der Waals surface area contributed by atoms with Crippen LogP contribution in [-0.4, -0.2) is 99.3 Å². The molecule has 0 saturated heterocycles. The number of esters is 2. The van der Waals surface area contributed by atoms with E-state index >= 15 is 0 Å². The summed E-state index contributed by atoms with van der Waals surface area (Å²) in [6.45, 7) is 4.47. The largest absolute Gasteiger partial charge is 0.472 e. The number of unbranched alkanes of at least 4 members (excludes halogenated alkanes) is 22. The molecule has 0 aromatic heterocycles. The van der Waals surface area contributed by atoms with Gasteiger partial charge in [0.25, 0.3) is 0 Å². The lowest BCUT2D eigenvalue weighted by Gasteiger charge is -2.21. The van der Waals surface area contributed by atoms with E-state index in [9.17, 15) is 39.5 Å².